The largest absolute Gasteiger partial charge is 0.444 e. The number of aromatic nitrogens is 3. The monoisotopic (exact) mass is 346 g/mol. The number of ether oxygens (including phenoxy) is 1. The Kier molecular flexibility index (Phi) is 4.36. The summed E-state index contributed by atoms with van der Waals surface area (Å²) in [7, 11) is 0. The summed E-state index contributed by atoms with van der Waals surface area (Å²) < 4.78 is 6.84. The van der Waals surface area contributed by atoms with E-state index in [0.29, 0.717) is 37.1 Å². The number of amides is 1. The van der Waals surface area contributed by atoms with Crippen molar-refractivity contribution in [3.63, 3.8) is 0 Å². The van der Waals surface area contributed by atoms with E-state index in [1.807, 2.05) is 20.8 Å². The van der Waals surface area contributed by atoms with Gasteiger partial charge < -0.3 is 14.6 Å². The number of nitrogens with one attached hydrogen (secondary N) is 1. The summed E-state index contributed by atoms with van der Waals surface area (Å²) in [5, 5.41) is 0. The van der Waals surface area contributed by atoms with Gasteiger partial charge in [-0.3, -0.25) is 14.2 Å². The van der Waals surface area contributed by atoms with Gasteiger partial charge in [0.15, 0.2) is 5.65 Å². The first kappa shape index (κ1) is 17.2. The fraction of sp³-hybridized carbons (Fsp3) is 0.529. The maximum atomic E-state index is 12.4. The maximum absolute atomic E-state index is 12.4. The molecule has 0 aromatic carbocycles. The van der Waals surface area contributed by atoms with Gasteiger partial charge in [0, 0.05) is 25.3 Å². The molecule has 0 spiro atoms. The standard InChI is InChI=1S/C17H22N4O4/c1-17(2,3)25-16(24)20-9-6-11(7-10-20)21-13-12(5-4-8-18-13)19-14(22)15(21)23/h4-5,8,11H,6-7,9-10H2,1-3H3,(H,19,22). The quantitative estimate of drug-likeness (QED) is 0.792. The van der Waals surface area contributed by atoms with E-state index in [1.54, 1.807) is 23.2 Å². The fourth-order valence-corrected chi connectivity index (χ4v) is 3.04. The summed E-state index contributed by atoms with van der Waals surface area (Å²) >= 11 is 0. The van der Waals surface area contributed by atoms with Crippen LogP contribution in [0.15, 0.2) is 27.9 Å². The van der Waals surface area contributed by atoms with Crippen LogP contribution in [-0.4, -0.2) is 44.2 Å². The number of rotatable bonds is 1. The van der Waals surface area contributed by atoms with Crippen LogP contribution < -0.4 is 11.1 Å². The van der Waals surface area contributed by atoms with E-state index in [1.165, 1.54) is 4.57 Å². The fourth-order valence-electron chi connectivity index (χ4n) is 3.04. The number of likely N-dealkylation sites (tertiary alicyclic amines) is 1. The molecule has 8 nitrogen and oxygen atoms in total. The van der Waals surface area contributed by atoms with Crippen molar-refractivity contribution >= 4 is 17.3 Å². The lowest BCUT2D eigenvalue weighted by atomic mass is 10.0. The Balaban J connectivity index is 1.83. The molecular weight excluding hydrogens is 324 g/mol. The summed E-state index contributed by atoms with van der Waals surface area (Å²) in [5.41, 5.74) is -0.820. The number of piperidine rings is 1. The third-order valence-electron chi connectivity index (χ3n) is 4.16. The van der Waals surface area contributed by atoms with Crippen LogP contribution in [0.25, 0.3) is 11.2 Å². The van der Waals surface area contributed by atoms with Crippen molar-refractivity contribution < 1.29 is 9.53 Å². The van der Waals surface area contributed by atoms with Crippen molar-refractivity contribution in [1.29, 1.82) is 0 Å². The molecule has 2 aromatic rings. The highest BCUT2D eigenvalue weighted by Crippen LogP contribution is 2.24. The lowest BCUT2D eigenvalue weighted by molar-refractivity contribution is 0.0188. The van der Waals surface area contributed by atoms with Crippen LogP contribution in [-0.2, 0) is 4.74 Å². The lowest BCUT2D eigenvalue weighted by Gasteiger charge is -2.34. The summed E-state index contributed by atoms with van der Waals surface area (Å²) in [6, 6.07) is 3.25. The van der Waals surface area contributed by atoms with Crippen LogP contribution in [0.2, 0.25) is 0 Å². The van der Waals surface area contributed by atoms with Gasteiger partial charge in [-0.05, 0) is 45.7 Å². The number of fused-ring (bicyclic) bond motifs is 1. The van der Waals surface area contributed by atoms with Crippen LogP contribution in [0.5, 0.6) is 0 Å². The van der Waals surface area contributed by atoms with Crippen LogP contribution >= 0.6 is 0 Å². The molecule has 134 valence electrons. The van der Waals surface area contributed by atoms with Gasteiger partial charge in [-0.25, -0.2) is 9.78 Å². The molecule has 1 fully saturated rings. The number of H-pyrrole nitrogens is 1. The number of carbonyl (C=O) groups is 1. The second-order valence-corrected chi connectivity index (χ2v) is 7.20. The van der Waals surface area contributed by atoms with Crippen molar-refractivity contribution in [2.45, 2.75) is 45.3 Å². The van der Waals surface area contributed by atoms with Crippen LogP contribution in [0.4, 0.5) is 4.79 Å². The number of hydrogen-bond acceptors (Lipinski definition) is 5. The average molecular weight is 346 g/mol. The third-order valence-corrected chi connectivity index (χ3v) is 4.16. The van der Waals surface area contributed by atoms with Crippen LogP contribution in [0.3, 0.4) is 0 Å². The highest BCUT2D eigenvalue weighted by Gasteiger charge is 2.29. The molecule has 1 amide bonds. The molecule has 0 aliphatic carbocycles. The van der Waals surface area contributed by atoms with Gasteiger partial charge >= 0.3 is 17.2 Å². The molecular formula is C17H22N4O4. The van der Waals surface area contributed by atoms with E-state index in [0.717, 1.165) is 0 Å². The zero-order chi connectivity index (χ0) is 18.2. The van der Waals surface area contributed by atoms with E-state index < -0.39 is 16.7 Å². The first-order valence-electron chi connectivity index (χ1n) is 8.34. The molecule has 0 unspecified atom stereocenters. The third kappa shape index (κ3) is 3.57. The van der Waals surface area contributed by atoms with Crippen molar-refractivity contribution in [3.05, 3.63) is 39.0 Å². The predicted octanol–water partition coefficient (Wildman–Crippen LogP) is 1.66. The molecule has 1 saturated heterocycles. The van der Waals surface area contributed by atoms with Crippen molar-refractivity contribution in [2.75, 3.05) is 13.1 Å². The molecule has 0 saturated carbocycles. The second-order valence-electron chi connectivity index (χ2n) is 7.20. The number of carbonyl (C=O) groups excluding carboxylic acids is 1. The molecule has 1 aliphatic heterocycles. The summed E-state index contributed by atoms with van der Waals surface area (Å²) in [6.07, 6.45) is 2.36. The summed E-state index contributed by atoms with van der Waals surface area (Å²) in [5.74, 6) is 0. The Labute approximate surface area is 144 Å². The molecule has 25 heavy (non-hydrogen) atoms. The van der Waals surface area contributed by atoms with Gasteiger partial charge in [-0.15, -0.1) is 0 Å². The summed E-state index contributed by atoms with van der Waals surface area (Å²) in [4.78, 5) is 44.9. The smallest absolute Gasteiger partial charge is 0.410 e. The van der Waals surface area contributed by atoms with Gasteiger partial charge in [-0.2, -0.15) is 0 Å². The van der Waals surface area contributed by atoms with E-state index in [9.17, 15) is 14.4 Å². The minimum atomic E-state index is -0.657. The van der Waals surface area contributed by atoms with Gasteiger partial charge in [0.1, 0.15) is 5.60 Å². The zero-order valence-corrected chi connectivity index (χ0v) is 14.6. The normalized spacial score (nSPS) is 16.2. The van der Waals surface area contributed by atoms with E-state index in [2.05, 4.69) is 9.97 Å². The number of nitrogens with zero attached hydrogens (tertiary/aromatic N) is 3. The highest BCUT2D eigenvalue weighted by molar-refractivity contribution is 5.70. The number of aromatic amines is 1. The van der Waals surface area contributed by atoms with Crippen molar-refractivity contribution in [2.24, 2.45) is 0 Å². The minimum Gasteiger partial charge on any atom is -0.444 e. The van der Waals surface area contributed by atoms with Crippen molar-refractivity contribution in [3.8, 4) is 0 Å². The first-order valence-corrected chi connectivity index (χ1v) is 8.34. The topological polar surface area (TPSA) is 97.3 Å². The maximum Gasteiger partial charge on any atom is 0.410 e. The molecule has 1 aliphatic rings. The molecule has 3 rings (SSSR count). The second kappa shape index (κ2) is 6.34. The molecule has 3 heterocycles. The molecule has 1 N–H and O–H groups in total. The van der Waals surface area contributed by atoms with Gasteiger partial charge in [0.25, 0.3) is 0 Å². The molecule has 0 atom stereocenters. The number of pyridine rings is 1. The summed E-state index contributed by atoms with van der Waals surface area (Å²) in [6.45, 7) is 6.40. The Bertz CT molecular complexity index is 901. The van der Waals surface area contributed by atoms with Gasteiger partial charge in [0.2, 0.25) is 0 Å². The molecule has 2 aromatic heterocycles. The van der Waals surface area contributed by atoms with E-state index >= 15 is 0 Å². The van der Waals surface area contributed by atoms with E-state index in [4.69, 9.17) is 4.74 Å². The molecule has 0 bridgehead atoms. The molecule has 0 radical (unpaired) electrons. The van der Waals surface area contributed by atoms with Crippen LogP contribution in [0, 0.1) is 0 Å². The Hall–Kier alpha value is -2.64. The SMILES string of the molecule is CC(C)(C)OC(=O)N1CCC(n2c(=O)c(=O)[nH]c3cccnc32)CC1. The van der Waals surface area contributed by atoms with Crippen LogP contribution in [0.1, 0.15) is 39.7 Å². The average Bonchev–Trinajstić information content (AvgIpc) is 2.55. The Morgan fingerprint density at radius 3 is 2.60 bits per heavy atom. The van der Waals surface area contributed by atoms with E-state index in [-0.39, 0.29) is 12.1 Å². The number of hydrogen-bond donors (Lipinski definition) is 1. The lowest BCUT2D eigenvalue weighted by Crippen LogP contribution is -2.45. The van der Waals surface area contributed by atoms with Gasteiger partial charge in [-0.1, -0.05) is 0 Å². The highest BCUT2D eigenvalue weighted by atomic mass is 16.6. The predicted molar refractivity (Wildman–Crippen MR) is 92.7 cm³/mol. The minimum absolute atomic E-state index is 0.175. The Morgan fingerprint density at radius 2 is 1.96 bits per heavy atom. The van der Waals surface area contributed by atoms with Crippen molar-refractivity contribution in [1.82, 2.24) is 19.4 Å². The molecule has 8 heteroatoms. The van der Waals surface area contributed by atoms with Gasteiger partial charge in [0.05, 0.1) is 5.52 Å². The first-order chi connectivity index (χ1) is 11.8. The zero-order valence-electron chi connectivity index (χ0n) is 14.6. The Morgan fingerprint density at radius 1 is 1.28 bits per heavy atom.